The summed E-state index contributed by atoms with van der Waals surface area (Å²) in [5, 5.41) is 3.87. The highest BCUT2D eigenvalue weighted by Gasteiger charge is 2.09. The van der Waals surface area contributed by atoms with E-state index < -0.39 is 5.69 Å². The second-order valence-corrected chi connectivity index (χ2v) is 4.42. The first-order valence-electron chi connectivity index (χ1n) is 5.26. The molecule has 0 aromatic carbocycles. The second kappa shape index (κ2) is 5.85. The molecule has 0 aliphatic carbocycles. The fourth-order valence-corrected chi connectivity index (χ4v) is 1.57. The third-order valence-electron chi connectivity index (χ3n) is 2.36. The van der Waals surface area contributed by atoms with E-state index in [9.17, 15) is 9.18 Å². The second-order valence-electron chi connectivity index (χ2n) is 3.61. The molecule has 19 heavy (non-hydrogen) atoms. The highest BCUT2D eigenvalue weighted by molar-refractivity contribution is 9.10. The summed E-state index contributed by atoms with van der Waals surface area (Å²) in [5.74, 6) is 0.331. The Balaban J connectivity index is 2.33. The lowest BCUT2D eigenvalue weighted by atomic mass is 10.3. The molecule has 0 amide bonds. The zero-order chi connectivity index (χ0) is 13.8. The van der Waals surface area contributed by atoms with Gasteiger partial charge < -0.3 is 5.73 Å². The smallest absolute Gasteiger partial charge is 0.327 e. The standard InChI is InChI=1S/C10H10BrFN6O/c11-8-3-15-9(4-14-8)17-6-16-18(10(17)19)5-7(1-12)2-13/h1,3-4,6H,2,5,13H2/b7-1+. The summed E-state index contributed by atoms with van der Waals surface area (Å²) in [5.41, 5.74) is 5.16. The van der Waals surface area contributed by atoms with Gasteiger partial charge in [0.15, 0.2) is 5.82 Å². The van der Waals surface area contributed by atoms with Crippen molar-refractivity contribution in [2.75, 3.05) is 6.54 Å². The van der Waals surface area contributed by atoms with Crippen LogP contribution in [0.25, 0.3) is 5.82 Å². The maximum atomic E-state index is 12.4. The molecule has 2 N–H and O–H groups in total. The lowest BCUT2D eigenvalue weighted by molar-refractivity contribution is 0.612. The van der Waals surface area contributed by atoms with Gasteiger partial charge in [-0.3, -0.25) is 0 Å². The van der Waals surface area contributed by atoms with Crippen LogP contribution in [0, 0.1) is 0 Å². The molecule has 0 bridgehead atoms. The van der Waals surface area contributed by atoms with Crippen molar-refractivity contribution in [1.82, 2.24) is 24.3 Å². The summed E-state index contributed by atoms with van der Waals surface area (Å²) in [6, 6.07) is 0. The predicted octanol–water partition coefficient (Wildman–Crippen LogP) is 0.399. The summed E-state index contributed by atoms with van der Waals surface area (Å²) in [4.78, 5) is 20.0. The Morgan fingerprint density at radius 3 is 2.84 bits per heavy atom. The van der Waals surface area contributed by atoms with Crippen molar-refractivity contribution < 1.29 is 4.39 Å². The number of nitrogens with zero attached hydrogens (tertiary/aromatic N) is 5. The monoisotopic (exact) mass is 328 g/mol. The molecule has 0 spiro atoms. The number of aromatic nitrogens is 5. The van der Waals surface area contributed by atoms with Crippen molar-refractivity contribution in [2.24, 2.45) is 5.73 Å². The Hall–Kier alpha value is -1.87. The van der Waals surface area contributed by atoms with Gasteiger partial charge >= 0.3 is 5.69 Å². The van der Waals surface area contributed by atoms with E-state index >= 15 is 0 Å². The Morgan fingerprint density at radius 1 is 1.47 bits per heavy atom. The zero-order valence-corrected chi connectivity index (χ0v) is 11.3. The van der Waals surface area contributed by atoms with E-state index in [2.05, 4.69) is 31.0 Å². The van der Waals surface area contributed by atoms with Gasteiger partial charge in [0.25, 0.3) is 0 Å². The van der Waals surface area contributed by atoms with Crippen LogP contribution >= 0.6 is 15.9 Å². The molecular weight excluding hydrogens is 319 g/mol. The van der Waals surface area contributed by atoms with Crippen molar-refractivity contribution in [2.45, 2.75) is 6.54 Å². The van der Waals surface area contributed by atoms with Crippen molar-refractivity contribution in [3.8, 4) is 5.82 Å². The fourth-order valence-electron chi connectivity index (χ4n) is 1.37. The van der Waals surface area contributed by atoms with Gasteiger partial charge in [0, 0.05) is 6.54 Å². The summed E-state index contributed by atoms with van der Waals surface area (Å²) in [7, 11) is 0. The van der Waals surface area contributed by atoms with Crippen LogP contribution in [0.3, 0.4) is 0 Å². The first kappa shape index (κ1) is 13.6. The molecule has 0 aliphatic heterocycles. The molecule has 0 fully saturated rings. The van der Waals surface area contributed by atoms with E-state index in [1.54, 1.807) is 0 Å². The van der Waals surface area contributed by atoms with Crippen LogP contribution in [0.2, 0.25) is 0 Å². The lowest BCUT2D eigenvalue weighted by Crippen LogP contribution is -2.26. The summed E-state index contributed by atoms with van der Waals surface area (Å²) < 4.78 is 15.3. The summed E-state index contributed by atoms with van der Waals surface area (Å²) >= 11 is 3.15. The van der Waals surface area contributed by atoms with Crippen LogP contribution in [0.1, 0.15) is 0 Å². The average molecular weight is 329 g/mol. The summed E-state index contributed by atoms with van der Waals surface area (Å²) in [6.07, 6.45) is 4.57. The van der Waals surface area contributed by atoms with Gasteiger partial charge in [0.1, 0.15) is 10.9 Å². The van der Waals surface area contributed by atoms with E-state index in [0.717, 1.165) is 4.68 Å². The number of rotatable bonds is 4. The number of hydrogen-bond acceptors (Lipinski definition) is 5. The molecule has 0 radical (unpaired) electrons. The normalized spacial score (nSPS) is 11.8. The Morgan fingerprint density at radius 2 is 2.26 bits per heavy atom. The van der Waals surface area contributed by atoms with Crippen molar-refractivity contribution in [1.29, 1.82) is 0 Å². The SMILES string of the molecule is NC/C(=C\F)Cn1ncn(-c2cnc(Br)cn2)c1=O. The summed E-state index contributed by atoms with van der Waals surface area (Å²) in [6.45, 7) is 0.0245. The Kier molecular flexibility index (Phi) is 4.17. The minimum absolute atomic E-state index is 0.00277. The molecule has 2 heterocycles. The number of halogens is 2. The van der Waals surface area contributed by atoms with E-state index in [0.29, 0.717) is 16.8 Å². The molecule has 2 aromatic heterocycles. The van der Waals surface area contributed by atoms with E-state index in [4.69, 9.17) is 5.73 Å². The van der Waals surface area contributed by atoms with Crippen LogP contribution in [-0.2, 0) is 6.54 Å². The molecule has 0 saturated carbocycles. The highest BCUT2D eigenvalue weighted by atomic mass is 79.9. The molecule has 2 aromatic rings. The minimum Gasteiger partial charge on any atom is -0.327 e. The van der Waals surface area contributed by atoms with Crippen molar-refractivity contribution in [3.05, 3.63) is 45.7 Å². The van der Waals surface area contributed by atoms with Crippen LogP contribution in [-0.4, -0.2) is 30.9 Å². The van der Waals surface area contributed by atoms with Crippen LogP contribution in [0.15, 0.2) is 40.0 Å². The fraction of sp³-hybridized carbons (Fsp3) is 0.200. The Labute approximate surface area is 115 Å². The Bertz CT molecular complexity index is 647. The van der Waals surface area contributed by atoms with Crippen LogP contribution in [0.5, 0.6) is 0 Å². The van der Waals surface area contributed by atoms with Crippen LogP contribution in [0.4, 0.5) is 4.39 Å². The number of hydrogen-bond donors (Lipinski definition) is 1. The molecular formula is C10H10BrFN6O. The first-order valence-corrected chi connectivity index (χ1v) is 6.05. The molecule has 2 rings (SSSR count). The largest absolute Gasteiger partial charge is 0.351 e. The van der Waals surface area contributed by atoms with Gasteiger partial charge in [-0.2, -0.15) is 5.10 Å². The average Bonchev–Trinajstić information content (AvgIpc) is 2.78. The molecule has 0 unspecified atom stereocenters. The number of nitrogens with two attached hydrogens (primary N) is 1. The third-order valence-corrected chi connectivity index (χ3v) is 2.77. The maximum Gasteiger partial charge on any atom is 0.351 e. The van der Waals surface area contributed by atoms with Crippen LogP contribution < -0.4 is 11.4 Å². The first-order chi connectivity index (χ1) is 9.15. The quantitative estimate of drug-likeness (QED) is 0.877. The zero-order valence-electron chi connectivity index (χ0n) is 9.70. The molecule has 0 saturated heterocycles. The van der Waals surface area contributed by atoms with Crippen molar-refractivity contribution >= 4 is 15.9 Å². The molecule has 100 valence electrons. The predicted molar refractivity (Wildman–Crippen MR) is 69.4 cm³/mol. The van der Waals surface area contributed by atoms with Crippen molar-refractivity contribution in [3.63, 3.8) is 0 Å². The molecule has 0 atom stereocenters. The maximum absolute atomic E-state index is 12.4. The molecule has 9 heteroatoms. The van der Waals surface area contributed by atoms with Gasteiger partial charge in [-0.05, 0) is 21.5 Å². The van der Waals surface area contributed by atoms with Gasteiger partial charge in [-0.25, -0.2) is 28.4 Å². The molecule has 0 aliphatic rings. The minimum atomic E-state index is -0.440. The van der Waals surface area contributed by atoms with Gasteiger partial charge in [0.05, 0.1) is 25.3 Å². The third kappa shape index (κ3) is 2.93. The topological polar surface area (TPSA) is 91.6 Å². The van der Waals surface area contributed by atoms with Gasteiger partial charge in [-0.15, -0.1) is 0 Å². The van der Waals surface area contributed by atoms with Gasteiger partial charge in [0.2, 0.25) is 0 Å². The van der Waals surface area contributed by atoms with E-state index in [1.807, 2.05) is 0 Å². The molecule has 7 nitrogen and oxygen atoms in total. The van der Waals surface area contributed by atoms with E-state index in [-0.39, 0.29) is 18.7 Å². The van der Waals surface area contributed by atoms with Gasteiger partial charge in [-0.1, -0.05) is 0 Å². The van der Waals surface area contributed by atoms with E-state index in [1.165, 1.54) is 23.3 Å². The lowest BCUT2D eigenvalue weighted by Gasteiger charge is -2.01. The highest BCUT2D eigenvalue weighted by Crippen LogP contribution is 2.05.